The minimum absolute atomic E-state index is 0.0729. The van der Waals surface area contributed by atoms with E-state index in [1.54, 1.807) is 42.5 Å². The van der Waals surface area contributed by atoms with Gasteiger partial charge in [0.2, 0.25) is 5.82 Å². The van der Waals surface area contributed by atoms with E-state index in [0.29, 0.717) is 24.3 Å². The lowest BCUT2D eigenvalue weighted by molar-refractivity contribution is 0.102. The Kier molecular flexibility index (Phi) is 6.73. The average molecular weight is 573 g/mol. The highest BCUT2D eigenvalue weighted by Crippen LogP contribution is 2.31. The molecule has 0 unspecified atom stereocenters. The summed E-state index contributed by atoms with van der Waals surface area (Å²) in [6.45, 7) is 0.772. The molecule has 0 aromatic heterocycles. The summed E-state index contributed by atoms with van der Waals surface area (Å²) in [4.78, 5) is 15.5. The summed E-state index contributed by atoms with van der Waals surface area (Å²) in [6, 6.07) is 14.2. The second kappa shape index (κ2) is 9.54. The molecular formula is C23H17F5IN3O. The number of benzene rings is 3. The SMILES string of the molecule is O=C(Nc1ccc(N2CCN(c3c(F)c(F)c(F)c(F)c3F)CC2)cc1)c1cccc(I)c1. The van der Waals surface area contributed by atoms with Crippen molar-refractivity contribution in [2.75, 3.05) is 41.3 Å². The fourth-order valence-electron chi connectivity index (χ4n) is 3.65. The van der Waals surface area contributed by atoms with Gasteiger partial charge in [-0.1, -0.05) is 6.07 Å². The fourth-order valence-corrected chi connectivity index (χ4v) is 4.19. The van der Waals surface area contributed by atoms with Crippen LogP contribution < -0.4 is 15.1 Å². The highest BCUT2D eigenvalue weighted by molar-refractivity contribution is 14.1. The van der Waals surface area contributed by atoms with E-state index in [1.165, 1.54) is 0 Å². The van der Waals surface area contributed by atoms with Crippen LogP contribution in [-0.4, -0.2) is 32.1 Å². The van der Waals surface area contributed by atoms with Crippen molar-refractivity contribution in [3.63, 3.8) is 0 Å². The summed E-state index contributed by atoms with van der Waals surface area (Å²) >= 11 is 2.13. The van der Waals surface area contributed by atoms with Crippen molar-refractivity contribution in [3.05, 3.63) is 86.8 Å². The monoisotopic (exact) mass is 573 g/mol. The van der Waals surface area contributed by atoms with Gasteiger partial charge in [-0.15, -0.1) is 0 Å². The highest BCUT2D eigenvalue weighted by atomic mass is 127. The number of nitrogens with zero attached hydrogens (tertiary/aromatic N) is 2. The molecule has 1 N–H and O–H groups in total. The largest absolute Gasteiger partial charge is 0.368 e. The van der Waals surface area contributed by atoms with Crippen LogP contribution in [0.3, 0.4) is 0 Å². The maximum absolute atomic E-state index is 14.1. The number of hydrogen-bond donors (Lipinski definition) is 1. The number of hydrogen-bond acceptors (Lipinski definition) is 3. The molecule has 0 bridgehead atoms. The molecule has 1 amide bonds. The van der Waals surface area contributed by atoms with Gasteiger partial charge in [-0.3, -0.25) is 4.79 Å². The van der Waals surface area contributed by atoms with Gasteiger partial charge in [0.05, 0.1) is 0 Å². The predicted octanol–water partition coefficient (Wildman–Crippen LogP) is 5.57. The first-order chi connectivity index (χ1) is 15.8. The number of halogens is 6. The molecule has 0 atom stereocenters. The minimum Gasteiger partial charge on any atom is -0.368 e. The molecule has 3 aromatic rings. The van der Waals surface area contributed by atoms with Crippen LogP contribution in [0.4, 0.5) is 39.0 Å². The first-order valence-electron chi connectivity index (χ1n) is 9.94. The van der Waals surface area contributed by atoms with Gasteiger partial charge in [0, 0.05) is 46.7 Å². The quantitative estimate of drug-likeness (QED) is 0.192. The van der Waals surface area contributed by atoms with Crippen molar-refractivity contribution in [2.24, 2.45) is 0 Å². The lowest BCUT2D eigenvalue weighted by Crippen LogP contribution is -2.47. The van der Waals surface area contributed by atoms with Crippen LogP contribution in [0.5, 0.6) is 0 Å². The van der Waals surface area contributed by atoms with E-state index in [0.717, 1.165) is 14.2 Å². The molecule has 10 heteroatoms. The zero-order valence-electron chi connectivity index (χ0n) is 17.0. The molecule has 1 saturated heterocycles. The Morgan fingerprint density at radius 1 is 0.758 bits per heavy atom. The molecule has 0 spiro atoms. The maximum Gasteiger partial charge on any atom is 0.255 e. The smallest absolute Gasteiger partial charge is 0.255 e. The van der Waals surface area contributed by atoms with E-state index in [-0.39, 0.29) is 19.0 Å². The van der Waals surface area contributed by atoms with Crippen LogP contribution in [0, 0.1) is 32.7 Å². The Bertz CT molecular complexity index is 1170. The third kappa shape index (κ3) is 4.75. The Labute approximate surface area is 200 Å². The molecule has 1 aliphatic rings. The predicted molar refractivity (Wildman–Crippen MR) is 124 cm³/mol. The molecule has 3 aromatic carbocycles. The van der Waals surface area contributed by atoms with E-state index >= 15 is 0 Å². The first-order valence-corrected chi connectivity index (χ1v) is 11.0. The normalized spacial score (nSPS) is 13.9. The summed E-state index contributed by atoms with van der Waals surface area (Å²) in [5.74, 6) is -9.95. The second-order valence-electron chi connectivity index (χ2n) is 7.40. The number of anilines is 3. The number of piperazine rings is 1. The molecule has 0 saturated carbocycles. The van der Waals surface area contributed by atoms with Gasteiger partial charge in [-0.25, -0.2) is 22.0 Å². The summed E-state index contributed by atoms with van der Waals surface area (Å²) in [7, 11) is 0. The highest BCUT2D eigenvalue weighted by Gasteiger charge is 2.30. The lowest BCUT2D eigenvalue weighted by Gasteiger charge is -2.37. The number of carbonyl (C=O) groups is 1. The van der Waals surface area contributed by atoms with Crippen LogP contribution in [0.1, 0.15) is 10.4 Å². The van der Waals surface area contributed by atoms with Gasteiger partial charge in [-0.05, 0) is 65.1 Å². The standard InChI is InChI=1S/C23H17F5IN3O/c24-17-18(25)20(27)22(21(28)19(17)26)32-10-8-31(9-11-32)16-6-4-15(5-7-16)30-23(33)13-2-1-3-14(29)12-13/h1-7,12H,8-11H2,(H,30,33). The Hall–Kier alpha value is -2.89. The molecule has 4 rings (SSSR count). The first kappa shape index (κ1) is 23.3. The van der Waals surface area contributed by atoms with Gasteiger partial charge in [0.1, 0.15) is 5.69 Å². The molecular weight excluding hydrogens is 556 g/mol. The van der Waals surface area contributed by atoms with E-state index in [2.05, 4.69) is 27.9 Å². The van der Waals surface area contributed by atoms with Gasteiger partial charge < -0.3 is 15.1 Å². The minimum atomic E-state index is -2.17. The molecule has 1 fully saturated rings. The van der Waals surface area contributed by atoms with Crippen molar-refractivity contribution in [1.82, 2.24) is 0 Å². The van der Waals surface area contributed by atoms with E-state index in [1.807, 2.05) is 11.0 Å². The number of carbonyl (C=O) groups excluding carboxylic acids is 1. The van der Waals surface area contributed by atoms with Crippen LogP contribution in [-0.2, 0) is 0 Å². The topological polar surface area (TPSA) is 35.6 Å². The molecule has 33 heavy (non-hydrogen) atoms. The van der Waals surface area contributed by atoms with Crippen molar-refractivity contribution >= 4 is 45.6 Å². The zero-order chi connectivity index (χ0) is 23.7. The van der Waals surface area contributed by atoms with Crippen molar-refractivity contribution in [2.45, 2.75) is 0 Å². The third-order valence-corrected chi connectivity index (χ3v) is 6.03. The molecule has 0 aliphatic carbocycles. The Morgan fingerprint density at radius 2 is 1.30 bits per heavy atom. The molecule has 0 radical (unpaired) electrons. The lowest BCUT2D eigenvalue weighted by atomic mass is 10.1. The average Bonchev–Trinajstić information content (AvgIpc) is 2.82. The second-order valence-corrected chi connectivity index (χ2v) is 8.65. The Morgan fingerprint density at radius 3 is 1.88 bits per heavy atom. The number of rotatable bonds is 4. The number of amides is 1. The van der Waals surface area contributed by atoms with E-state index < -0.39 is 34.8 Å². The van der Waals surface area contributed by atoms with Gasteiger partial charge in [-0.2, -0.15) is 0 Å². The van der Waals surface area contributed by atoms with Crippen molar-refractivity contribution < 1.29 is 26.7 Å². The summed E-state index contributed by atoms with van der Waals surface area (Å²) in [5.41, 5.74) is 1.04. The van der Waals surface area contributed by atoms with Gasteiger partial charge >= 0.3 is 0 Å². The third-order valence-electron chi connectivity index (χ3n) is 5.36. The summed E-state index contributed by atoms with van der Waals surface area (Å²) in [6.07, 6.45) is 0. The molecule has 1 heterocycles. The van der Waals surface area contributed by atoms with Crippen LogP contribution in [0.25, 0.3) is 0 Å². The van der Waals surface area contributed by atoms with Crippen molar-refractivity contribution in [3.8, 4) is 0 Å². The van der Waals surface area contributed by atoms with Gasteiger partial charge in [0.15, 0.2) is 23.3 Å². The van der Waals surface area contributed by atoms with Crippen LogP contribution in [0.2, 0.25) is 0 Å². The Balaban J connectivity index is 1.41. The van der Waals surface area contributed by atoms with E-state index in [4.69, 9.17) is 0 Å². The summed E-state index contributed by atoms with van der Waals surface area (Å²) < 4.78 is 69.5. The van der Waals surface area contributed by atoms with E-state index in [9.17, 15) is 26.7 Å². The van der Waals surface area contributed by atoms with Crippen LogP contribution >= 0.6 is 22.6 Å². The summed E-state index contributed by atoms with van der Waals surface area (Å²) in [5, 5.41) is 2.82. The molecule has 4 nitrogen and oxygen atoms in total. The molecule has 1 aliphatic heterocycles. The van der Waals surface area contributed by atoms with Gasteiger partial charge in [0.25, 0.3) is 5.91 Å². The zero-order valence-corrected chi connectivity index (χ0v) is 19.2. The van der Waals surface area contributed by atoms with Crippen molar-refractivity contribution in [1.29, 1.82) is 0 Å². The number of nitrogens with one attached hydrogen (secondary N) is 1. The fraction of sp³-hybridized carbons (Fsp3) is 0.174. The maximum atomic E-state index is 14.1. The van der Waals surface area contributed by atoms with Crippen LogP contribution in [0.15, 0.2) is 48.5 Å². The molecule has 172 valence electrons.